The SMILES string of the molecule is CC1CN=C2N(C1)c1ccc(S(=O)(=O)N3CCCC3)cc1C21OCCCO1. The molecule has 0 amide bonds. The fraction of sp³-hybridized carbons (Fsp3) is 0.632. The van der Waals surface area contributed by atoms with E-state index in [0.717, 1.165) is 49.4 Å². The number of rotatable bonds is 2. The Morgan fingerprint density at radius 3 is 2.63 bits per heavy atom. The summed E-state index contributed by atoms with van der Waals surface area (Å²) in [4.78, 5) is 7.22. The molecule has 27 heavy (non-hydrogen) atoms. The number of fused-ring (bicyclic) bond motifs is 5. The first-order valence-electron chi connectivity index (χ1n) is 9.77. The first-order valence-corrected chi connectivity index (χ1v) is 11.2. The lowest BCUT2D eigenvalue weighted by Crippen LogP contribution is -2.50. The summed E-state index contributed by atoms with van der Waals surface area (Å²) in [5.41, 5.74) is 1.72. The molecule has 0 bridgehead atoms. The highest BCUT2D eigenvalue weighted by atomic mass is 32.2. The van der Waals surface area contributed by atoms with Gasteiger partial charge in [-0.05, 0) is 43.4 Å². The van der Waals surface area contributed by atoms with Crippen molar-refractivity contribution in [1.29, 1.82) is 0 Å². The topological polar surface area (TPSA) is 71.4 Å². The highest BCUT2D eigenvalue weighted by molar-refractivity contribution is 7.89. The van der Waals surface area contributed by atoms with Crippen molar-refractivity contribution >= 4 is 21.5 Å². The zero-order valence-corrected chi connectivity index (χ0v) is 16.4. The molecule has 1 aromatic carbocycles. The highest BCUT2D eigenvalue weighted by Gasteiger charge is 2.54. The van der Waals surface area contributed by atoms with Gasteiger partial charge in [0.1, 0.15) is 0 Å². The molecule has 1 aromatic rings. The lowest BCUT2D eigenvalue weighted by Gasteiger charge is -2.37. The molecule has 0 aromatic heterocycles. The van der Waals surface area contributed by atoms with Crippen molar-refractivity contribution < 1.29 is 17.9 Å². The number of sulfonamides is 1. The second-order valence-electron chi connectivity index (χ2n) is 7.84. The van der Waals surface area contributed by atoms with E-state index in [1.807, 2.05) is 6.07 Å². The number of hydrogen-bond donors (Lipinski definition) is 0. The molecule has 2 saturated heterocycles. The van der Waals surface area contributed by atoms with E-state index in [1.54, 1.807) is 16.4 Å². The standard InChI is InChI=1S/C19H25N3O4S/c1-14-12-20-18-19(25-9-4-10-26-19)16-11-15(5-6-17(16)22(18)13-14)27(23,24)21-7-2-3-8-21/h5-6,11,14H,2-4,7-10,12-13H2,1H3. The molecule has 1 atom stereocenters. The van der Waals surface area contributed by atoms with Gasteiger partial charge in [0.15, 0.2) is 5.84 Å². The van der Waals surface area contributed by atoms with Gasteiger partial charge < -0.3 is 14.4 Å². The van der Waals surface area contributed by atoms with Gasteiger partial charge in [0.2, 0.25) is 10.0 Å². The lowest BCUT2D eigenvalue weighted by molar-refractivity contribution is -0.228. The number of benzene rings is 1. The minimum Gasteiger partial charge on any atom is -0.340 e. The molecule has 8 heteroatoms. The van der Waals surface area contributed by atoms with Crippen molar-refractivity contribution in [3.05, 3.63) is 23.8 Å². The number of anilines is 1. The summed E-state index contributed by atoms with van der Waals surface area (Å²) < 4.78 is 40.0. The van der Waals surface area contributed by atoms with Gasteiger partial charge in [-0.1, -0.05) is 6.92 Å². The van der Waals surface area contributed by atoms with Crippen molar-refractivity contribution in [2.75, 3.05) is 44.3 Å². The van der Waals surface area contributed by atoms with Crippen molar-refractivity contribution in [2.45, 2.75) is 36.9 Å². The van der Waals surface area contributed by atoms with Gasteiger partial charge in [-0.15, -0.1) is 0 Å². The van der Waals surface area contributed by atoms with Gasteiger partial charge in [0.05, 0.1) is 23.8 Å². The van der Waals surface area contributed by atoms with Crippen LogP contribution in [0.25, 0.3) is 0 Å². The summed E-state index contributed by atoms with van der Waals surface area (Å²) in [6, 6.07) is 5.35. The summed E-state index contributed by atoms with van der Waals surface area (Å²) in [6.07, 6.45) is 2.66. The summed E-state index contributed by atoms with van der Waals surface area (Å²) in [5.74, 6) is 0.129. The van der Waals surface area contributed by atoms with E-state index < -0.39 is 15.8 Å². The molecule has 0 aliphatic carbocycles. The van der Waals surface area contributed by atoms with E-state index in [-0.39, 0.29) is 0 Å². The molecule has 0 N–H and O–H groups in total. The van der Waals surface area contributed by atoms with Gasteiger partial charge in [-0.2, -0.15) is 4.31 Å². The molecule has 1 spiro atoms. The van der Waals surface area contributed by atoms with Crippen LogP contribution < -0.4 is 4.90 Å². The number of amidine groups is 1. The van der Waals surface area contributed by atoms with E-state index in [2.05, 4.69) is 11.8 Å². The van der Waals surface area contributed by atoms with Gasteiger partial charge in [-0.3, -0.25) is 4.99 Å². The fourth-order valence-corrected chi connectivity index (χ4v) is 6.01. The van der Waals surface area contributed by atoms with Crippen LogP contribution in [0.4, 0.5) is 5.69 Å². The molecule has 0 saturated carbocycles. The zero-order valence-electron chi connectivity index (χ0n) is 15.6. The number of aliphatic imine (C=N–C) groups is 1. The molecule has 2 fully saturated rings. The molecule has 4 heterocycles. The molecule has 4 aliphatic rings. The number of hydrogen-bond acceptors (Lipinski definition) is 6. The smallest absolute Gasteiger partial charge is 0.257 e. The predicted molar refractivity (Wildman–Crippen MR) is 101 cm³/mol. The molecule has 146 valence electrons. The van der Waals surface area contributed by atoms with Crippen LogP contribution in [0.3, 0.4) is 0 Å². The molecule has 7 nitrogen and oxygen atoms in total. The van der Waals surface area contributed by atoms with Crippen LogP contribution in [0, 0.1) is 5.92 Å². The van der Waals surface area contributed by atoms with Crippen molar-refractivity contribution in [1.82, 2.24) is 4.31 Å². The molecule has 4 aliphatic heterocycles. The maximum atomic E-state index is 13.1. The molecular formula is C19H25N3O4S. The molecular weight excluding hydrogens is 366 g/mol. The van der Waals surface area contributed by atoms with Crippen molar-refractivity contribution in [3.63, 3.8) is 0 Å². The Kier molecular flexibility index (Phi) is 4.09. The summed E-state index contributed by atoms with van der Waals surface area (Å²) >= 11 is 0. The summed E-state index contributed by atoms with van der Waals surface area (Å²) in [6.45, 7) is 6.06. The molecule has 0 radical (unpaired) electrons. The van der Waals surface area contributed by atoms with Crippen LogP contribution in [-0.4, -0.2) is 58.0 Å². The fourth-order valence-electron chi connectivity index (χ4n) is 4.47. The van der Waals surface area contributed by atoms with Gasteiger partial charge in [-0.25, -0.2) is 8.42 Å². The van der Waals surface area contributed by atoms with E-state index >= 15 is 0 Å². The minimum atomic E-state index is -3.50. The third-order valence-corrected chi connectivity index (χ3v) is 7.71. The van der Waals surface area contributed by atoms with Gasteiger partial charge in [0, 0.05) is 31.7 Å². The third kappa shape index (κ3) is 2.57. The Hall–Kier alpha value is -1.48. The maximum absolute atomic E-state index is 13.1. The maximum Gasteiger partial charge on any atom is 0.257 e. The average Bonchev–Trinajstić information content (AvgIpc) is 3.30. The summed E-state index contributed by atoms with van der Waals surface area (Å²) in [5, 5.41) is 0. The number of ether oxygens (including phenoxy) is 2. The molecule has 5 rings (SSSR count). The Labute approximate surface area is 160 Å². The van der Waals surface area contributed by atoms with Crippen LogP contribution >= 0.6 is 0 Å². The second-order valence-corrected chi connectivity index (χ2v) is 9.78. The lowest BCUT2D eigenvalue weighted by atomic mass is 10.1. The van der Waals surface area contributed by atoms with Crippen LogP contribution in [0.1, 0.15) is 31.7 Å². The Balaban J connectivity index is 1.64. The average molecular weight is 391 g/mol. The van der Waals surface area contributed by atoms with E-state index in [1.165, 1.54) is 0 Å². The Bertz CT molecular complexity index is 886. The van der Waals surface area contributed by atoms with Crippen LogP contribution in [0.15, 0.2) is 28.1 Å². The first-order chi connectivity index (χ1) is 13.0. The molecule has 1 unspecified atom stereocenters. The van der Waals surface area contributed by atoms with E-state index in [9.17, 15) is 8.42 Å². The third-order valence-electron chi connectivity index (χ3n) is 5.81. The zero-order chi connectivity index (χ0) is 18.6. The van der Waals surface area contributed by atoms with Crippen LogP contribution in [0.5, 0.6) is 0 Å². The van der Waals surface area contributed by atoms with Gasteiger partial charge in [0.25, 0.3) is 5.79 Å². The quantitative estimate of drug-likeness (QED) is 0.770. The van der Waals surface area contributed by atoms with Crippen molar-refractivity contribution in [2.24, 2.45) is 10.9 Å². The Morgan fingerprint density at radius 2 is 1.89 bits per heavy atom. The minimum absolute atomic E-state index is 0.314. The number of nitrogens with zero attached hydrogens (tertiary/aromatic N) is 3. The van der Waals surface area contributed by atoms with Crippen LogP contribution in [0.2, 0.25) is 0 Å². The Morgan fingerprint density at radius 1 is 1.15 bits per heavy atom. The van der Waals surface area contributed by atoms with E-state index in [0.29, 0.717) is 37.1 Å². The van der Waals surface area contributed by atoms with E-state index in [4.69, 9.17) is 14.5 Å². The first kappa shape index (κ1) is 17.6. The predicted octanol–water partition coefficient (Wildman–Crippen LogP) is 1.93. The van der Waals surface area contributed by atoms with Crippen LogP contribution in [-0.2, 0) is 25.3 Å². The van der Waals surface area contributed by atoms with Crippen molar-refractivity contribution in [3.8, 4) is 0 Å². The van der Waals surface area contributed by atoms with Gasteiger partial charge >= 0.3 is 0 Å². The second kappa shape index (κ2) is 6.27. The normalized spacial score (nSPS) is 27.5. The summed E-state index contributed by atoms with van der Waals surface area (Å²) in [7, 11) is -3.50. The largest absolute Gasteiger partial charge is 0.340 e. The highest BCUT2D eigenvalue weighted by Crippen LogP contribution is 2.48. The monoisotopic (exact) mass is 391 g/mol.